The minimum absolute atomic E-state index is 0.240. The molecule has 1 amide bonds. The fourth-order valence-electron chi connectivity index (χ4n) is 2.86. The number of amides is 1. The first kappa shape index (κ1) is 19.6. The largest absolute Gasteiger partial charge is 0.464 e. The summed E-state index contributed by atoms with van der Waals surface area (Å²) in [6.07, 6.45) is -1.44. The zero-order chi connectivity index (χ0) is 21.1. The lowest BCUT2D eigenvalue weighted by Crippen LogP contribution is -2.52. The van der Waals surface area contributed by atoms with E-state index in [1.54, 1.807) is 13.0 Å². The number of anilines is 1. The molecule has 0 fully saturated rings. The molecule has 0 unspecified atom stereocenters. The molecule has 10 nitrogen and oxygen atoms in total. The molecule has 10 heteroatoms. The van der Waals surface area contributed by atoms with Crippen LogP contribution in [0.4, 0.5) is 10.6 Å². The Morgan fingerprint density at radius 3 is 2.69 bits per heavy atom. The summed E-state index contributed by atoms with van der Waals surface area (Å²) in [5.41, 5.74) is 5.51. The molecule has 1 aromatic carbocycles. The Hall–Kier alpha value is -4.13. The van der Waals surface area contributed by atoms with E-state index in [2.05, 4.69) is 21.8 Å². The van der Waals surface area contributed by atoms with Gasteiger partial charge in [-0.15, -0.1) is 5.92 Å². The number of carbonyl (C=O) groups is 1. The van der Waals surface area contributed by atoms with Crippen molar-refractivity contribution in [3.63, 3.8) is 0 Å². The first-order valence-corrected chi connectivity index (χ1v) is 8.58. The molecule has 0 spiro atoms. The standard InChI is InChI=1S/C19H18N6O4/c1-3-4-9-24(19(28)29)25-15(20)10-17(26)23(18(25)27)11-16-21-12(2)13-7-5-6-8-14(13)22-16/h5-8,10H,9,11,20H2,1-2H3,(H,28,29). The van der Waals surface area contributed by atoms with Gasteiger partial charge in [-0.05, 0) is 19.9 Å². The maximum Gasteiger partial charge on any atom is 0.427 e. The molecule has 0 aliphatic rings. The summed E-state index contributed by atoms with van der Waals surface area (Å²) < 4.78 is 1.52. The van der Waals surface area contributed by atoms with Crippen molar-refractivity contribution >= 4 is 22.8 Å². The number of nitrogen functional groups attached to an aromatic ring is 1. The summed E-state index contributed by atoms with van der Waals surface area (Å²) in [7, 11) is 0. The van der Waals surface area contributed by atoms with Crippen LogP contribution in [0.2, 0.25) is 0 Å². The number of nitrogens with two attached hydrogens (primary N) is 1. The van der Waals surface area contributed by atoms with Gasteiger partial charge in [-0.3, -0.25) is 9.36 Å². The van der Waals surface area contributed by atoms with Crippen LogP contribution in [0.1, 0.15) is 18.4 Å². The Bertz CT molecular complexity index is 1280. The Morgan fingerprint density at radius 2 is 2.00 bits per heavy atom. The summed E-state index contributed by atoms with van der Waals surface area (Å²) in [5, 5.41) is 10.9. The number of aromatic nitrogens is 4. The average molecular weight is 394 g/mol. The molecule has 0 saturated carbocycles. The number of carboxylic acid groups (broad SMARTS) is 1. The topological polar surface area (TPSA) is 136 Å². The van der Waals surface area contributed by atoms with Crippen molar-refractivity contribution in [1.82, 2.24) is 19.2 Å². The second-order valence-corrected chi connectivity index (χ2v) is 6.10. The van der Waals surface area contributed by atoms with E-state index in [0.29, 0.717) is 20.9 Å². The van der Waals surface area contributed by atoms with Gasteiger partial charge < -0.3 is 10.8 Å². The van der Waals surface area contributed by atoms with E-state index in [-0.39, 0.29) is 24.7 Å². The molecule has 3 rings (SSSR count). The molecule has 148 valence electrons. The summed E-state index contributed by atoms with van der Waals surface area (Å²) in [6, 6.07) is 8.33. The average Bonchev–Trinajstić information content (AvgIpc) is 2.67. The van der Waals surface area contributed by atoms with Crippen LogP contribution < -0.4 is 22.0 Å². The van der Waals surface area contributed by atoms with Crippen LogP contribution in [0.3, 0.4) is 0 Å². The van der Waals surface area contributed by atoms with Crippen LogP contribution in [-0.4, -0.2) is 37.0 Å². The highest BCUT2D eigenvalue weighted by atomic mass is 16.4. The van der Waals surface area contributed by atoms with Crippen LogP contribution in [0.5, 0.6) is 0 Å². The van der Waals surface area contributed by atoms with Crippen molar-refractivity contribution in [1.29, 1.82) is 0 Å². The fraction of sp³-hybridized carbons (Fsp3) is 0.211. The quantitative estimate of drug-likeness (QED) is 0.616. The molecule has 0 bridgehead atoms. The zero-order valence-corrected chi connectivity index (χ0v) is 15.8. The van der Waals surface area contributed by atoms with E-state index in [9.17, 15) is 19.5 Å². The van der Waals surface area contributed by atoms with Crippen molar-refractivity contribution in [3.8, 4) is 11.8 Å². The molecule has 0 aliphatic heterocycles. The van der Waals surface area contributed by atoms with Crippen LogP contribution in [-0.2, 0) is 6.54 Å². The van der Waals surface area contributed by atoms with Gasteiger partial charge in [-0.1, -0.05) is 24.1 Å². The van der Waals surface area contributed by atoms with Gasteiger partial charge in [0.1, 0.15) is 18.2 Å². The molecule has 0 atom stereocenters. The van der Waals surface area contributed by atoms with Crippen LogP contribution in [0.25, 0.3) is 10.9 Å². The fourth-order valence-corrected chi connectivity index (χ4v) is 2.86. The minimum Gasteiger partial charge on any atom is -0.464 e. The van der Waals surface area contributed by atoms with Crippen LogP contribution in [0.15, 0.2) is 39.9 Å². The summed E-state index contributed by atoms with van der Waals surface area (Å²) >= 11 is 0. The third-order valence-corrected chi connectivity index (χ3v) is 4.20. The number of benzene rings is 1. The van der Waals surface area contributed by atoms with Crippen molar-refractivity contribution in [3.05, 3.63) is 62.7 Å². The van der Waals surface area contributed by atoms with E-state index in [1.807, 2.05) is 18.2 Å². The number of hydrogen-bond acceptors (Lipinski definition) is 6. The van der Waals surface area contributed by atoms with Gasteiger partial charge in [0, 0.05) is 17.1 Å². The van der Waals surface area contributed by atoms with Gasteiger partial charge in [0.15, 0.2) is 0 Å². The van der Waals surface area contributed by atoms with E-state index >= 15 is 0 Å². The number of nitrogens with zero attached hydrogens (tertiary/aromatic N) is 5. The first-order valence-electron chi connectivity index (χ1n) is 8.58. The van der Waals surface area contributed by atoms with Crippen molar-refractivity contribution in [2.75, 3.05) is 17.3 Å². The highest BCUT2D eigenvalue weighted by molar-refractivity contribution is 5.80. The van der Waals surface area contributed by atoms with Crippen molar-refractivity contribution in [2.45, 2.75) is 20.4 Å². The molecular weight excluding hydrogens is 376 g/mol. The molecule has 0 radical (unpaired) electrons. The number of hydrogen-bond donors (Lipinski definition) is 2. The molecule has 0 saturated heterocycles. The normalized spacial score (nSPS) is 10.4. The van der Waals surface area contributed by atoms with Crippen LogP contribution >= 0.6 is 0 Å². The van der Waals surface area contributed by atoms with Gasteiger partial charge in [-0.25, -0.2) is 19.6 Å². The van der Waals surface area contributed by atoms with Crippen molar-refractivity contribution in [2.24, 2.45) is 0 Å². The summed E-state index contributed by atoms with van der Waals surface area (Å²) in [6.45, 7) is 2.80. The number of aryl methyl sites for hydroxylation is 1. The predicted octanol–water partition coefficient (Wildman–Crippen LogP) is 0.531. The Morgan fingerprint density at radius 1 is 1.28 bits per heavy atom. The Kier molecular flexibility index (Phi) is 5.32. The first-order chi connectivity index (χ1) is 13.8. The maximum absolute atomic E-state index is 12.9. The van der Waals surface area contributed by atoms with Gasteiger partial charge in [0.05, 0.1) is 12.1 Å². The summed E-state index contributed by atoms with van der Waals surface area (Å²) in [5.74, 6) is 5.04. The van der Waals surface area contributed by atoms with Gasteiger partial charge in [0.25, 0.3) is 5.56 Å². The number of rotatable bonds is 4. The Balaban J connectivity index is 2.13. The lowest BCUT2D eigenvalue weighted by molar-refractivity contribution is 0.195. The maximum atomic E-state index is 12.9. The molecule has 3 aromatic rings. The van der Waals surface area contributed by atoms with Crippen molar-refractivity contribution < 1.29 is 9.90 Å². The SMILES string of the molecule is CC#CCN(C(=O)O)n1c(N)cc(=O)n(Cc2nc(C)c3ccccc3n2)c1=O. The molecule has 2 aromatic heterocycles. The van der Waals surface area contributed by atoms with Crippen LogP contribution in [0, 0.1) is 18.8 Å². The highest BCUT2D eigenvalue weighted by Crippen LogP contribution is 2.14. The van der Waals surface area contributed by atoms with Gasteiger partial charge >= 0.3 is 11.8 Å². The second kappa shape index (κ2) is 7.85. The molecule has 2 heterocycles. The van der Waals surface area contributed by atoms with E-state index in [4.69, 9.17) is 5.73 Å². The minimum atomic E-state index is -1.44. The van der Waals surface area contributed by atoms with E-state index in [1.165, 1.54) is 6.92 Å². The van der Waals surface area contributed by atoms with E-state index < -0.39 is 17.3 Å². The lowest BCUT2D eigenvalue weighted by Gasteiger charge is -2.21. The third kappa shape index (κ3) is 3.79. The highest BCUT2D eigenvalue weighted by Gasteiger charge is 2.20. The van der Waals surface area contributed by atoms with Gasteiger partial charge in [-0.2, -0.15) is 9.69 Å². The monoisotopic (exact) mass is 394 g/mol. The van der Waals surface area contributed by atoms with E-state index in [0.717, 1.165) is 16.0 Å². The number of fused-ring (bicyclic) bond motifs is 1. The molecule has 29 heavy (non-hydrogen) atoms. The zero-order valence-electron chi connectivity index (χ0n) is 15.8. The molecular formula is C19H18N6O4. The second-order valence-electron chi connectivity index (χ2n) is 6.10. The smallest absolute Gasteiger partial charge is 0.427 e. The molecule has 3 N–H and O–H groups in total. The predicted molar refractivity (Wildman–Crippen MR) is 107 cm³/mol. The van der Waals surface area contributed by atoms with Gasteiger partial charge in [0.2, 0.25) is 0 Å². The number of para-hydroxylation sites is 1. The summed E-state index contributed by atoms with van der Waals surface area (Å²) in [4.78, 5) is 45.6. The molecule has 0 aliphatic carbocycles. The third-order valence-electron chi connectivity index (χ3n) is 4.20. The lowest BCUT2D eigenvalue weighted by atomic mass is 10.2. The Labute approximate surface area is 164 Å².